The summed E-state index contributed by atoms with van der Waals surface area (Å²) >= 11 is 0. The molecule has 0 aromatic rings. The summed E-state index contributed by atoms with van der Waals surface area (Å²) in [6.45, 7) is 9.45. The lowest BCUT2D eigenvalue weighted by atomic mass is 9.95. The van der Waals surface area contributed by atoms with Gasteiger partial charge in [0.1, 0.15) is 0 Å². The van der Waals surface area contributed by atoms with Gasteiger partial charge in [-0.05, 0) is 46.1 Å². The minimum atomic E-state index is 0.0253. The summed E-state index contributed by atoms with van der Waals surface area (Å²) in [6, 6.07) is 0.625. The van der Waals surface area contributed by atoms with E-state index in [-0.39, 0.29) is 11.9 Å². The van der Waals surface area contributed by atoms with Crippen LogP contribution in [0.3, 0.4) is 0 Å². The standard InChI is InChI=1S/C15H31N3O/c1-5-14(16)10-15(19)18-8-6-13(7-9-18)11-17(4)12(2)3/h12-14H,5-11,16H2,1-4H3. The second-order valence-electron chi connectivity index (χ2n) is 6.23. The van der Waals surface area contributed by atoms with Crippen molar-refractivity contribution < 1.29 is 4.79 Å². The first-order valence-electron chi connectivity index (χ1n) is 7.67. The maximum Gasteiger partial charge on any atom is 0.224 e. The second-order valence-corrected chi connectivity index (χ2v) is 6.23. The minimum absolute atomic E-state index is 0.0253. The van der Waals surface area contributed by atoms with Gasteiger partial charge in [-0.2, -0.15) is 0 Å². The van der Waals surface area contributed by atoms with Gasteiger partial charge in [-0.25, -0.2) is 0 Å². The minimum Gasteiger partial charge on any atom is -0.343 e. The van der Waals surface area contributed by atoms with Crippen LogP contribution < -0.4 is 5.73 Å². The van der Waals surface area contributed by atoms with E-state index in [9.17, 15) is 4.79 Å². The number of nitrogens with two attached hydrogens (primary N) is 1. The Balaban J connectivity index is 2.30. The van der Waals surface area contributed by atoms with Crippen molar-refractivity contribution in [2.24, 2.45) is 11.7 Å². The Bertz CT molecular complexity index is 273. The van der Waals surface area contributed by atoms with Crippen molar-refractivity contribution in [3.8, 4) is 0 Å². The number of nitrogens with zero attached hydrogens (tertiary/aromatic N) is 2. The summed E-state index contributed by atoms with van der Waals surface area (Å²) in [6.07, 6.45) is 3.64. The Kier molecular flexibility index (Phi) is 6.80. The highest BCUT2D eigenvalue weighted by Gasteiger charge is 2.24. The Hall–Kier alpha value is -0.610. The molecule has 0 bridgehead atoms. The molecule has 1 fully saturated rings. The van der Waals surface area contributed by atoms with Gasteiger partial charge >= 0.3 is 0 Å². The van der Waals surface area contributed by atoms with Crippen LogP contribution in [-0.4, -0.2) is 54.5 Å². The molecule has 1 aliphatic heterocycles. The Morgan fingerprint density at radius 2 is 1.95 bits per heavy atom. The first-order valence-corrected chi connectivity index (χ1v) is 7.67. The van der Waals surface area contributed by atoms with E-state index < -0.39 is 0 Å². The quantitative estimate of drug-likeness (QED) is 0.798. The zero-order valence-electron chi connectivity index (χ0n) is 13.1. The number of rotatable bonds is 6. The average molecular weight is 269 g/mol. The van der Waals surface area contributed by atoms with E-state index in [0.717, 1.165) is 44.8 Å². The summed E-state index contributed by atoms with van der Waals surface area (Å²) in [7, 11) is 2.18. The molecule has 19 heavy (non-hydrogen) atoms. The zero-order valence-corrected chi connectivity index (χ0v) is 13.1. The van der Waals surface area contributed by atoms with Gasteiger partial charge in [-0.15, -0.1) is 0 Å². The fourth-order valence-corrected chi connectivity index (χ4v) is 2.48. The fraction of sp³-hybridized carbons (Fsp3) is 0.933. The summed E-state index contributed by atoms with van der Waals surface area (Å²) < 4.78 is 0. The van der Waals surface area contributed by atoms with Crippen molar-refractivity contribution in [3.05, 3.63) is 0 Å². The van der Waals surface area contributed by atoms with Crippen molar-refractivity contribution in [2.45, 2.75) is 58.5 Å². The summed E-state index contributed by atoms with van der Waals surface area (Å²) in [4.78, 5) is 16.4. The Morgan fingerprint density at radius 3 is 2.42 bits per heavy atom. The largest absolute Gasteiger partial charge is 0.343 e. The van der Waals surface area contributed by atoms with Crippen molar-refractivity contribution in [1.29, 1.82) is 0 Å². The van der Waals surface area contributed by atoms with Gasteiger partial charge in [0.2, 0.25) is 5.91 Å². The van der Waals surface area contributed by atoms with Crippen molar-refractivity contribution in [2.75, 3.05) is 26.7 Å². The molecule has 0 spiro atoms. The molecule has 1 amide bonds. The van der Waals surface area contributed by atoms with E-state index in [1.54, 1.807) is 0 Å². The third kappa shape index (κ3) is 5.49. The van der Waals surface area contributed by atoms with Crippen LogP contribution in [0.2, 0.25) is 0 Å². The second kappa shape index (κ2) is 7.85. The average Bonchev–Trinajstić information content (AvgIpc) is 2.39. The van der Waals surface area contributed by atoms with Gasteiger partial charge in [0.25, 0.3) is 0 Å². The monoisotopic (exact) mass is 269 g/mol. The maximum absolute atomic E-state index is 12.0. The van der Waals surface area contributed by atoms with Crippen LogP contribution in [0.4, 0.5) is 0 Å². The first kappa shape index (κ1) is 16.4. The molecule has 1 aliphatic rings. The van der Waals surface area contributed by atoms with Crippen LogP contribution in [0.5, 0.6) is 0 Å². The predicted octanol–water partition coefficient (Wildman–Crippen LogP) is 1.69. The van der Waals surface area contributed by atoms with Crippen LogP contribution in [0, 0.1) is 5.92 Å². The van der Waals surface area contributed by atoms with Gasteiger partial charge in [-0.3, -0.25) is 4.79 Å². The third-order valence-electron chi connectivity index (χ3n) is 4.36. The maximum atomic E-state index is 12.0. The molecule has 0 aromatic heterocycles. The number of hydrogen-bond acceptors (Lipinski definition) is 3. The van der Waals surface area contributed by atoms with Crippen LogP contribution in [-0.2, 0) is 4.79 Å². The molecule has 0 saturated carbocycles. The molecule has 2 N–H and O–H groups in total. The number of carbonyl (C=O) groups is 1. The van der Waals surface area contributed by atoms with E-state index in [0.29, 0.717) is 12.5 Å². The molecule has 0 aliphatic carbocycles. The van der Waals surface area contributed by atoms with Gasteiger partial charge in [0.15, 0.2) is 0 Å². The van der Waals surface area contributed by atoms with E-state index >= 15 is 0 Å². The van der Waals surface area contributed by atoms with Gasteiger partial charge in [-0.1, -0.05) is 6.92 Å². The number of hydrogen-bond donors (Lipinski definition) is 1. The predicted molar refractivity (Wildman–Crippen MR) is 80.0 cm³/mol. The van der Waals surface area contributed by atoms with Crippen LogP contribution in [0.1, 0.15) is 46.5 Å². The number of likely N-dealkylation sites (tertiary alicyclic amines) is 1. The molecular formula is C15H31N3O. The highest BCUT2D eigenvalue weighted by molar-refractivity contribution is 5.76. The van der Waals surface area contributed by atoms with Gasteiger partial charge < -0.3 is 15.5 Å². The van der Waals surface area contributed by atoms with Crippen molar-refractivity contribution in [1.82, 2.24) is 9.80 Å². The molecule has 4 heteroatoms. The molecule has 1 unspecified atom stereocenters. The summed E-state index contributed by atoms with van der Waals surface area (Å²) in [5, 5.41) is 0. The number of carbonyl (C=O) groups excluding carboxylic acids is 1. The SMILES string of the molecule is CCC(N)CC(=O)N1CCC(CN(C)C(C)C)CC1. The molecule has 1 atom stereocenters. The molecule has 0 radical (unpaired) electrons. The van der Waals surface area contributed by atoms with Crippen molar-refractivity contribution in [3.63, 3.8) is 0 Å². The number of amides is 1. The summed E-state index contributed by atoms with van der Waals surface area (Å²) in [5.41, 5.74) is 5.85. The molecule has 1 saturated heterocycles. The lowest BCUT2D eigenvalue weighted by Crippen LogP contribution is -2.43. The smallest absolute Gasteiger partial charge is 0.224 e. The molecule has 0 aromatic carbocycles. The van der Waals surface area contributed by atoms with Crippen molar-refractivity contribution >= 4 is 5.91 Å². The molecule has 112 valence electrons. The van der Waals surface area contributed by atoms with Crippen LogP contribution >= 0.6 is 0 Å². The van der Waals surface area contributed by atoms with E-state index in [1.807, 2.05) is 11.8 Å². The molecule has 4 nitrogen and oxygen atoms in total. The van der Waals surface area contributed by atoms with E-state index in [1.165, 1.54) is 0 Å². The normalized spacial score (nSPS) is 19.2. The van der Waals surface area contributed by atoms with Gasteiger partial charge in [0, 0.05) is 38.1 Å². The molecule has 1 heterocycles. The lowest BCUT2D eigenvalue weighted by Gasteiger charge is -2.35. The first-order chi connectivity index (χ1) is 8.93. The highest BCUT2D eigenvalue weighted by Crippen LogP contribution is 2.19. The topological polar surface area (TPSA) is 49.6 Å². The molecule has 1 rings (SSSR count). The van der Waals surface area contributed by atoms with E-state index in [2.05, 4.69) is 25.8 Å². The Labute approximate surface area is 118 Å². The third-order valence-corrected chi connectivity index (χ3v) is 4.36. The molecular weight excluding hydrogens is 238 g/mol. The highest BCUT2D eigenvalue weighted by atomic mass is 16.2. The van der Waals surface area contributed by atoms with Gasteiger partial charge in [0.05, 0.1) is 0 Å². The number of piperidine rings is 1. The lowest BCUT2D eigenvalue weighted by molar-refractivity contribution is -0.133. The zero-order chi connectivity index (χ0) is 14.4. The van der Waals surface area contributed by atoms with E-state index in [4.69, 9.17) is 5.73 Å². The fourth-order valence-electron chi connectivity index (χ4n) is 2.48. The Morgan fingerprint density at radius 1 is 1.37 bits per heavy atom. The summed E-state index contributed by atoms with van der Waals surface area (Å²) in [5.74, 6) is 0.973. The van der Waals surface area contributed by atoms with Crippen LogP contribution in [0.25, 0.3) is 0 Å². The van der Waals surface area contributed by atoms with Crippen LogP contribution in [0.15, 0.2) is 0 Å².